The largest absolute Gasteiger partial charge is 0.462 e. The van der Waals surface area contributed by atoms with Crippen LogP contribution in [0, 0.1) is 0 Å². The maximum Gasteiger partial charge on any atom is 0.462 e. The lowest BCUT2D eigenvalue weighted by Crippen LogP contribution is -2.41. The fourth-order valence-corrected chi connectivity index (χ4v) is 2.12. The quantitative estimate of drug-likeness (QED) is 0.750. The molecule has 1 aromatic carbocycles. The standard InChI is InChI=1S/C13H18BClO2/c1-12(2)13(3,4)17-14(16-12)9-10-6-5-7-11(15)8-10/h5-8H,9H2,1-4H3. The van der Waals surface area contributed by atoms with Crippen LogP contribution in [0.5, 0.6) is 0 Å². The van der Waals surface area contributed by atoms with E-state index in [9.17, 15) is 0 Å². The molecule has 0 N–H and O–H groups in total. The summed E-state index contributed by atoms with van der Waals surface area (Å²) in [4.78, 5) is 0. The minimum Gasteiger partial charge on any atom is -0.403 e. The summed E-state index contributed by atoms with van der Waals surface area (Å²) in [6, 6.07) is 7.81. The molecule has 17 heavy (non-hydrogen) atoms. The van der Waals surface area contributed by atoms with Crippen molar-refractivity contribution < 1.29 is 9.31 Å². The lowest BCUT2D eigenvalue weighted by Gasteiger charge is -2.32. The first kappa shape index (κ1) is 12.9. The molecule has 0 radical (unpaired) electrons. The van der Waals surface area contributed by atoms with Crippen molar-refractivity contribution in [3.8, 4) is 0 Å². The second kappa shape index (κ2) is 4.31. The summed E-state index contributed by atoms with van der Waals surface area (Å²) in [5.74, 6) is 0. The van der Waals surface area contributed by atoms with Crippen molar-refractivity contribution in [2.75, 3.05) is 0 Å². The van der Waals surface area contributed by atoms with Crippen LogP contribution >= 0.6 is 11.6 Å². The topological polar surface area (TPSA) is 18.5 Å². The summed E-state index contributed by atoms with van der Waals surface area (Å²) in [5, 5.41) is 0.749. The zero-order valence-corrected chi connectivity index (χ0v) is 11.5. The Morgan fingerprint density at radius 3 is 2.24 bits per heavy atom. The third-order valence-corrected chi connectivity index (χ3v) is 3.83. The van der Waals surface area contributed by atoms with Crippen molar-refractivity contribution in [2.24, 2.45) is 0 Å². The van der Waals surface area contributed by atoms with Crippen LogP contribution in [0.2, 0.25) is 5.02 Å². The number of rotatable bonds is 2. The maximum atomic E-state index is 5.96. The van der Waals surface area contributed by atoms with Crippen LogP contribution < -0.4 is 0 Å². The average Bonchev–Trinajstić information content (AvgIpc) is 2.34. The molecular weight excluding hydrogens is 234 g/mol. The number of hydrogen-bond acceptors (Lipinski definition) is 2. The van der Waals surface area contributed by atoms with Gasteiger partial charge in [-0.05, 0) is 45.4 Å². The van der Waals surface area contributed by atoms with Gasteiger partial charge in [0.25, 0.3) is 0 Å². The molecule has 92 valence electrons. The molecule has 1 aliphatic heterocycles. The van der Waals surface area contributed by atoms with E-state index in [1.54, 1.807) is 0 Å². The molecule has 0 atom stereocenters. The summed E-state index contributed by atoms with van der Waals surface area (Å²) < 4.78 is 11.9. The van der Waals surface area contributed by atoms with Crippen LogP contribution in [0.25, 0.3) is 0 Å². The molecule has 0 aliphatic carbocycles. The van der Waals surface area contributed by atoms with Crippen molar-refractivity contribution in [2.45, 2.75) is 45.2 Å². The number of hydrogen-bond donors (Lipinski definition) is 0. The second-order valence-electron chi connectivity index (χ2n) is 5.52. The monoisotopic (exact) mass is 252 g/mol. The maximum absolute atomic E-state index is 5.96. The van der Waals surface area contributed by atoms with Gasteiger partial charge >= 0.3 is 7.12 Å². The summed E-state index contributed by atoms with van der Waals surface area (Å²) in [7, 11) is -0.196. The van der Waals surface area contributed by atoms with E-state index >= 15 is 0 Å². The van der Waals surface area contributed by atoms with Crippen molar-refractivity contribution >= 4 is 18.7 Å². The first-order valence-corrected chi connectivity index (χ1v) is 6.28. The molecule has 1 aromatic rings. The Hall–Kier alpha value is -0.505. The molecule has 2 rings (SSSR count). The molecule has 1 heterocycles. The molecular formula is C13H18BClO2. The molecule has 0 spiro atoms. The Labute approximate surface area is 108 Å². The van der Waals surface area contributed by atoms with E-state index in [0.717, 1.165) is 16.9 Å². The van der Waals surface area contributed by atoms with Crippen molar-refractivity contribution in [3.63, 3.8) is 0 Å². The molecule has 0 saturated carbocycles. The van der Waals surface area contributed by atoms with Crippen molar-refractivity contribution in [1.82, 2.24) is 0 Å². The predicted octanol–water partition coefficient (Wildman–Crippen LogP) is 3.51. The molecule has 4 heteroatoms. The smallest absolute Gasteiger partial charge is 0.403 e. The van der Waals surface area contributed by atoms with Gasteiger partial charge in [0.05, 0.1) is 11.2 Å². The number of benzene rings is 1. The van der Waals surface area contributed by atoms with E-state index in [1.165, 1.54) is 0 Å². The van der Waals surface area contributed by atoms with Gasteiger partial charge in [0, 0.05) is 11.3 Å². The second-order valence-corrected chi connectivity index (χ2v) is 5.96. The minimum atomic E-state index is -0.268. The van der Waals surface area contributed by atoms with E-state index in [4.69, 9.17) is 20.9 Å². The SMILES string of the molecule is CC1(C)OB(Cc2cccc(Cl)c2)OC1(C)C. The van der Waals surface area contributed by atoms with Crippen molar-refractivity contribution in [3.05, 3.63) is 34.9 Å². The highest BCUT2D eigenvalue weighted by molar-refractivity contribution is 6.45. The first-order chi connectivity index (χ1) is 7.80. The van der Waals surface area contributed by atoms with Crippen molar-refractivity contribution in [1.29, 1.82) is 0 Å². The summed E-state index contributed by atoms with van der Waals surface area (Å²) in [6.07, 6.45) is 0.730. The van der Waals surface area contributed by atoms with E-state index < -0.39 is 0 Å². The van der Waals surface area contributed by atoms with Gasteiger partial charge in [-0.3, -0.25) is 0 Å². The molecule has 0 amide bonds. The average molecular weight is 253 g/mol. The van der Waals surface area contributed by atoms with Crippen LogP contribution in [-0.2, 0) is 15.6 Å². The Morgan fingerprint density at radius 1 is 1.12 bits per heavy atom. The molecule has 1 saturated heterocycles. The van der Waals surface area contributed by atoms with Crippen LogP contribution in [0.1, 0.15) is 33.3 Å². The van der Waals surface area contributed by atoms with Gasteiger partial charge in [-0.1, -0.05) is 23.7 Å². The highest BCUT2D eigenvalue weighted by atomic mass is 35.5. The predicted molar refractivity (Wildman–Crippen MR) is 71.2 cm³/mol. The molecule has 1 aliphatic rings. The third-order valence-electron chi connectivity index (χ3n) is 3.59. The minimum absolute atomic E-state index is 0.196. The van der Waals surface area contributed by atoms with Gasteiger partial charge in [-0.25, -0.2) is 0 Å². The Morgan fingerprint density at radius 2 is 1.71 bits per heavy atom. The highest BCUT2D eigenvalue weighted by Crippen LogP contribution is 2.37. The highest BCUT2D eigenvalue weighted by Gasteiger charge is 2.50. The van der Waals surface area contributed by atoms with E-state index in [-0.39, 0.29) is 18.3 Å². The van der Waals surface area contributed by atoms with Gasteiger partial charge in [-0.2, -0.15) is 0 Å². The van der Waals surface area contributed by atoms with Gasteiger partial charge < -0.3 is 9.31 Å². The van der Waals surface area contributed by atoms with Crippen LogP contribution in [0.4, 0.5) is 0 Å². The van der Waals surface area contributed by atoms with Gasteiger partial charge in [0.1, 0.15) is 0 Å². The Bertz CT molecular complexity index is 402. The third kappa shape index (κ3) is 2.67. The normalized spacial score (nSPS) is 21.8. The lowest BCUT2D eigenvalue weighted by atomic mass is 9.81. The molecule has 0 bridgehead atoms. The zero-order chi connectivity index (χ0) is 12.7. The Balaban J connectivity index is 2.08. The first-order valence-electron chi connectivity index (χ1n) is 5.90. The molecule has 0 aromatic heterocycles. The fraction of sp³-hybridized carbons (Fsp3) is 0.538. The molecule has 1 fully saturated rings. The van der Waals surface area contributed by atoms with E-state index in [0.29, 0.717) is 0 Å². The van der Waals surface area contributed by atoms with E-state index in [2.05, 4.69) is 27.7 Å². The van der Waals surface area contributed by atoms with Gasteiger partial charge in [-0.15, -0.1) is 0 Å². The Kier molecular flexibility index (Phi) is 3.28. The van der Waals surface area contributed by atoms with Crippen LogP contribution in [0.3, 0.4) is 0 Å². The summed E-state index contributed by atoms with van der Waals surface area (Å²) in [6.45, 7) is 8.24. The lowest BCUT2D eigenvalue weighted by molar-refractivity contribution is 0.00578. The van der Waals surface area contributed by atoms with Gasteiger partial charge in [0.15, 0.2) is 0 Å². The fourth-order valence-electron chi connectivity index (χ4n) is 1.90. The van der Waals surface area contributed by atoms with E-state index in [1.807, 2.05) is 24.3 Å². The zero-order valence-electron chi connectivity index (χ0n) is 10.8. The van der Waals surface area contributed by atoms with Gasteiger partial charge in [0.2, 0.25) is 0 Å². The summed E-state index contributed by atoms with van der Waals surface area (Å²) in [5.41, 5.74) is 0.600. The van der Waals surface area contributed by atoms with Crippen LogP contribution in [0.15, 0.2) is 24.3 Å². The molecule has 2 nitrogen and oxygen atoms in total. The molecule has 0 unspecified atom stereocenters. The number of halogens is 1. The summed E-state index contributed by atoms with van der Waals surface area (Å²) >= 11 is 5.96. The van der Waals surface area contributed by atoms with Crippen LogP contribution in [-0.4, -0.2) is 18.3 Å².